The lowest BCUT2D eigenvalue weighted by atomic mass is 10.0. The van der Waals surface area contributed by atoms with E-state index in [0.717, 1.165) is 24.2 Å². The van der Waals surface area contributed by atoms with E-state index >= 15 is 0 Å². The molecule has 0 aromatic carbocycles. The number of nitrogens with one attached hydrogen (secondary N) is 1. The highest BCUT2D eigenvalue weighted by molar-refractivity contribution is 5.32. The van der Waals surface area contributed by atoms with E-state index in [-0.39, 0.29) is 6.04 Å². The summed E-state index contributed by atoms with van der Waals surface area (Å²) in [6.45, 7) is 1.86. The van der Waals surface area contributed by atoms with Crippen LogP contribution in [0, 0.1) is 11.8 Å². The van der Waals surface area contributed by atoms with Gasteiger partial charge in [0.05, 0.1) is 13.3 Å². The molecule has 86 valence electrons. The van der Waals surface area contributed by atoms with Gasteiger partial charge in [-0.25, -0.2) is 0 Å². The molecule has 0 radical (unpaired) electrons. The van der Waals surface area contributed by atoms with Gasteiger partial charge in [0.2, 0.25) is 0 Å². The molecule has 0 aliphatic carbocycles. The molecule has 0 saturated carbocycles. The minimum absolute atomic E-state index is 0.263. The van der Waals surface area contributed by atoms with Crippen molar-refractivity contribution in [2.75, 3.05) is 14.2 Å². The Morgan fingerprint density at radius 1 is 1.56 bits per heavy atom. The highest BCUT2D eigenvalue weighted by Crippen LogP contribution is 2.26. The molecular weight excluding hydrogens is 200 g/mol. The molecule has 0 aliphatic rings. The van der Waals surface area contributed by atoms with Gasteiger partial charge in [-0.3, -0.25) is 4.98 Å². The third-order valence-corrected chi connectivity index (χ3v) is 2.50. The van der Waals surface area contributed by atoms with Crippen LogP contribution in [0.3, 0.4) is 0 Å². The second kappa shape index (κ2) is 6.86. The number of rotatable bonds is 5. The van der Waals surface area contributed by atoms with Gasteiger partial charge >= 0.3 is 0 Å². The Morgan fingerprint density at radius 3 is 3.00 bits per heavy atom. The van der Waals surface area contributed by atoms with Crippen LogP contribution in [0.1, 0.15) is 31.4 Å². The van der Waals surface area contributed by atoms with E-state index in [1.165, 1.54) is 0 Å². The fourth-order valence-corrected chi connectivity index (χ4v) is 1.65. The summed E-state index contributed by atoms with van der Waals surface area (Å²) < 4.78 is 5.30. The summed E-state index contributed by atoms with van der Waals surface area (Å²) in [5, 5.41) is 3.28. The van der Waals surface area contributed by atoms with Crippen molar-refractivity contribution < 1.29 is 4.74 Å². The predicted octanol–water partition coefficient (Wildman–Crippen LogP) is 2.15. The predicted molar refractivity (Wildman–Crippen MR) is 65.3 cm³/mol. The summed E-state index contributed by atoms with van der Waals surface area (Å²) in [6, 6.07) is 2.25. The van der Waals surface area contributed by atoms with Gasteiger partial charge < -0.3 is 10.1 Å². The van der Waals surface area contributed by atoms with E-state index in [4.69, 9.17) is 4.74 Å². The molecule has 1 rings (SSSR count). The van der Waals surface area contributed by atoms with E-state index in [1.807, 2.05) is 20.0 Å². The molecule has 0 fully saturated rings. The first-order chi connectivity index (χ1) is 7.83. The molecule has 1 atom stereocenters. The van der Waals surface area contributed by atoms with Crippen LogP contribution < -0.4 is 10.1 Å². The fourth-order valence-electron chi connectivity index (χ4n) is 1.65. The number of hydrogen-bond donors (Lipinski definition) is 1. The first-order valence-corrected chi connectivity index (χ1v) is 5.38. The number of ether oxygens (including phenoxy) is 1. The summed E-state index contributed by atoms with van der Waals surface area (Å²) in [4.78, 5) is 4.05. The lowest BCUT2D eigenvalue weighted by Crippen LogP contribution is -2.17. The highest BCUT2D eigenvalue weighted by atomic mass is 16.5. The maximum absolute atomic E-state index is 5.30. The number of hydrogen-bond acceptors (Lipinski definition) is 3. The van der Waals surface area contributed by atoms with Gasteiger partial charge in [0, 0.05) is 24.2 Å². The molecule has 0 aliphatic heterocycles. The first kappa shape index (κ1) is 12.5. The molecule has 0 saturated heterocycles. The Balaban J connectivity index is 2.79. The SMILES string of the molecule is CC#CCCC(NC)c1ccncc1OC. The van der Waals surface area contributed by atoms with E-state index in [2.05, 4.69) is 22.1 Å². The monoisotopic (exact) mass is 218 g/mol. The molecule has 1 aromatic rings. The Bertz CT molecular complexity index is 379. The molecule has 3 heteroatoms. The standard InChI is InChI=1S/C13H18N2O/c1-4-5-6-7-12(14-2)11-8-9-15-10-13(11)16-3/h8-10,12,14H,6-7H2,1-3H3. The molecule has 0 bridgehead atoms. The molecular formula is C13H18N2O. The summed E-state index contributed by atoms with van der Waals surface area (Å²) >= 11 is 0. The zero-order valence-electron chi connectivity index (χ0n) is 10.1. The second-order valence-corrected chi connectivity index (χ2v) is 3.42. The Morgan fingerprint density at radius 2 is 2.38 bits per heavy atom. The average Bonchev–Trinajstić information content (AvgIpc) is 2.35. The summed E-state index contributed by atoms with van der Waals surface area (Å²) in [5.41, 5.74) is 1.14. The van der Waals surface area contributed by atoms with Crippen molar-refractivity contribution >= 4 is 0 Å². The number of pyridine rings is 1. The first-order valence-electron chi connectivity index (χ1n) is 5.38. The zero-order chi connectivity index (χ0) is 11.8. The van der Waals surface area contributed by atoms with Crippen LogP contribution in [0.5, 0.6) is 5.75 Å². The summed E-state index contributed by atoms with van der Waals surface area (Å²) in [7, 11) is 3.61. The highest BCUT2D eigenvalue weighted by Gasteiger charge is 2.13. The van der Waals surface area contributed by atoms with Gasteiger partial charge in [-0.05, 0) is 26.5 Å². The number of nitrogens with zero attached hydrogens (tertiary/aromatic N) is 1. The second-order valence-electron chi connectivity index (χ2n) is 3.42. The topological polar surface area (TPSA) is 34.2 Å². The molecule has 0 spiro atoms. The molecule has 1 N–H and O–H groups in total. The van der Waals surface area contributed by atoms with E-state index < -0.39 is 0 Å². The Labute approximate surface area is 97.2 Å². The normalized spacial score (nSPS) is 11.4. The number of aromatic nitrogens is 1. The largest absolute Gasteiger partial charge is 0.495 e. The zero-order valence-corrected chi connectivity index (χ0v) is 10.1. The van der Waals surface area contributed by atoms with Crippen molar-refractivity contribution in [2.24, 2.45) is 0 Å². The van der Waals surface area contributed by atoms with Crippen LogP contribution in [-0.4, -0.2) is 19.1 Å². The number of methoxy groups -OCH3 is 1. The fraction of sp³-hybridized carbons (Fsp3) is 0.462. The van der Waals surface area contributed by atoms with Crippen LogP contribution in [0.25, 0.3) is 0 Å². The molecule has 3 nitrogen and oxygen atoms in total. The lowest BCUT2D eigenvalue weighted by Gasteiger charge is -2.17. The molecule has 1 unspecified atom stereocenters. The lowest BCUT2D eigenvalue weighted by molar-refractivity contribution is 0.397. The van der Waals surface area contributed by atoms with Crippen molar-refractivity contribution in [1.82, 2.24) is 10.3 Å². The van der Waals surface area contributed by atoms with Crippen LogP contribution >= 0.6 is 0 Å². The molecule has 16 heavy (non-hydrogen) atoms. The van der Waals surface area contributed by atoms with E-state index in [9.17, 15) is 0 Å². The maximum Gasteiger partial charge on any atom is 0.141 e. The smallest absolute Gasteiger partial charge is 0.141 e. The molecule has 0 amide bonds. The summed E-state index contributed by atoms with van der Waals surface area (Å²) in [6.07, 6.45) is 5.38. The van der Waals surface area contributed by atoms with E-state index in [0.29, 0.717) is 0 Å². The average molecular weight is 218 g/mol. The van der Waals surface area contributed by atoms with Gasteiger partial charge in [-0.1, -0.05) is 0 Å². The van der Waals surface area contributed by atoms with Gasteiger partial charge in [-0.15, -0.1) is 11.8 Å². The van der Waals surface area contributed by atoms with Crippen molar-refractivity contribution in [3.05, 3.63) is 24.0 Å². The minimum Gasteiger partial charge on any atom is -0.495 e. The third kappa shape index (κ3) is 3.25. The quantitative estimate of drug-likeness (QED) is 0.769. The van der Waals surface area contributed by atoms with Crippen LogP contribution in [0.15, 0.2) is 18.5 Å². The van der Waals surface area contributed by atoms with Gasteiger partial charge in [-0.2, -0.15) is 0 Å². The minimum atomic E-state index is 0.263. The molecule has 1 heterocycles. The van der Waals surface area contributed by atoms with Gasteiger partial charge in [0.15, 0.2) is 0 Å². The third-order valence-electron chi connectivity index (χ3n) is 2.50. The van der Waals surface area contributed by atoms with Gasteiger partial charge in [0.25, 0.3) is 0 Å². The van der Waals surface area contributed by atoms with E-state index in [1.54, 1.807) is 19.5 Å². The molecule has 1 aromatic heterocycles. The maximum atomic E-state index is 5.30. The van der Waals surface area contributed by atoms with Crippen LogP contribution in [0.2, 0.25) is 0 Å². The Kier molecular flexibility index (Phi) is 5.38. The van der Waals surface area contributed by atoms with Crippen molar-refractivity contribution in [3.8, 4) is 17.6 Å². The van der Waals surface area contributed by atoms with Crippen LogP contribution in [-0.2, 0) is 0 Å². The summed E-state index contributed by atoms with van der Waals surface area (Å²) in [5.74, 6) is 6.80. The van der Waals surface area contributed by atoms with Crippen molar-refractivity contribution in [1.29, 1.82) is 0 Å². The Hall–Kier alpha value is -1.53. The van der Waals surface area contributed by atoms with Crippen LogP contribution in [0.4, 0.5) is 0 Å². The van der Waals surface area contributed by atoms with Crippen molar-refractivity contribution in [3.63, 3.8) is 0 Å². The van der Waals surface area contributed by atoms with Gasteiger partial charge in [0.1, 0.15) is 5.75 Å². The van der Waals surface area contributed by atoms with Crippen molar-refractivity contribution in [2.45, 2.75) is 25.8 Å².